The van der Waals surface area contributed by atoms with Crippen molar-refractivity contribution in [3.63, 3.8) is 0 Å². The molecule has 8 nitrogen and oxygen atoms in total. The Balaban J connectivity index is 0.00000341. The van der Waals surface area contributed by atoms with E-state index in [9.17, 15) is 0 Å². The van der Waals surface area contributed by atoms with Crippen LogP contribution in [0.15, 0.2) is 29.3 Å². The molecule has 0 saturated carbocycles. The van der Waals surface area contributed by atoms with Gasteiger partial charge < -0.3 is 24.3 Å². The number of ether oxygens (including phenoxy) is 2. The highest BCUT2D eigenvalue weighted by atomic mass is 127. The molecule has 1 N–H and O–H groups in total. The maximum absolute atomic E-state index is 6.10. The van der Waals surface area contributed by atoms with Crippen molar-refractivity contribution in [2.24, 2.45) is 12.0 Å². The van der Waals surface area contributed by atoms with E-state index in [4.69, 9.17) is 14.5 Å². The molecule has 2 heterocycles. The summed E-state index contributed by atoms with van der Waals surface area (Å²) in [6.07, 6.45) is 0.967. The van der Waals surface area contributed by atoms with Crippen molar-refractivity contribution in [1.29, 1.82) is 0 Å². The molecule has 2 aromatic rings. The zero-order chi connectivity index (χ0) is 21.3. The maximum atomic E-state index is 6.10. The average molecular weight is 542 g/mol. The lowest BCUT2D eigenvalue weighted by Gasteiger charge is -2.36. The van der Waals surface area contributed by atoms with Gasteiger partial charge in [-0.25, -0.2) is 4.99 Å². The molecule has 1 aliphatic rings. The van der Waals surface area contributed by atoms with Gasteiger partial charge >= 0.3 is 0 Å². The molecule has 0 spiro atoms. The van der Waals surface area contributed by atoms with Gasteiger partial charge in [0.25, 0.3) is 0 Å². The number of aliphatic imine (C=N–C) groups is 1. The van der Waals surface area contributed by atoms with Crippen molar-refractivity contribution in [2.75, 3.05) is 39.5 Å². The minimum atomic E-state index is 0. The number of hydrogen-bond donors (Lipinski definition) is 1. The number of nitrogens with one attached hydrogen (secondary N) is 1. The van der Waals surface area contributed by atoms with Crippen LogP contribution in [0.3, 0.4) is 0 Å². The Morgan fingerprint density at radius 1 is 1.29 bits per heavy atom. The summed E-state index contributed by atoms with van der Waals surface area (Å²) in [6.45, 7) is 11.1. The fourth-order valence-corrected chi connectivity index (χ4v) is 3.50. The first-order valence-electron chi connectivity index (χ1n) is 10.7. The van der Waals surface area contributed by atoms with Crippen molar-refractivity contribution in [3.05, 3.63) is 47.0 Å². The minimum absolute atomic E-state index is 0. The third-order valence-corrected chi connectivity index (χ3v) is 5.41. The molecule has 1 aromatic heterocycles. The van der Waals surface area contributed by atoms with Gasteiger partial charge in [0.05, 0.1) is 13.2 Å². The van der Waals surface area contributed by atoms with E-state index in [0.717, 1.165) is 56.9 Å². The topological polar surface area (TPSA) is 76.8 Å². The number of halogens is 1. The van der Waals surface area contributed by atoms with Crippen LogP contribution in [-0.2, 0) is 23.1 Å². The molecule has 172 valence electrons. The van der Waals surface area contributed by atoms with E-state index in [1.807, 2.05) is 25.5 Å². The van der Waals surface area contributed by atoms with Crippen molar-refractivity contribution in [1.82, 2.24) is 25.0 Å². The largest absolute Gasteiger partial charge is 0.382 e. The highest BCUT2D eigenvalue weighted by Crippen LogP contribution is 2.25. The molecule has 0 radical (unpaired) electrons. The number of hydrogen-bond acceptors (Lipinski definition) is 5. The summed E-state index contributed by atoms with van der Waals surface area (Å²) in [5.74, 6) is 2.62. The van der Waals surface area contributed by atoms with Gasteiger partial charge in [-0.15, -0.1) is 34.2 Å². The molecule has 0 bridgehead atoms. The zero-order valence-corrected chi connectivity index (χ0v) is 21.3. The second-order valence-corrected chi connectivity index (χ2v) is 7.50. The number of morpholine rings is 1. The fraction of sp³-hybridized carbons (Fsp3) is 0.591. The molecule has 1 fully saturated rings. The van der Waals surface area contributed by atoms with Gasteiger partial charge in [0.15, 0.2) is 11.8 Å². The lowest BCUT2D eigenvalue weighted by atomic mass is 10.0. The third kappa shape index (κ3) is 7.15. The van der Waals surface area contributed by atoms with Crippen LogP contribution in [0.2, 0.25) is 0 Å². The Kier molecular flexibility index (Phi) is 10.7. The fourth-order valence-electron chi connectivity index (χ4n) is 3.50. The Hall–Kier alpha value is -1.72. The van der Waals surface area contributed by atoms with Crippen molar-refractivity contribution in [2.45, 2.75) is 39.8 Å². The molecule has 1 aliphatic heterocycles. The van der Waals surface area contributed by atoms with E-state index in [1.54, 1.807) is 0 Å². The molecule has 1 aromatic carbocycles. The standard InChI is InChI=1S/C22H34N6O2.HI/c1-5-29-13-8-11-23-22(24-15-21-26-25-18(3)27(21)4)28-12-14-30-20(16-28)19-10-7-6-9-17(19)2;/h6-7,9-10,20H,5,8,11-16H2,1-4H3,(H,23,24);1H. The number of aryl methyl sites for hydroxylation is 2. The average Bonchev–Trinajstić information content (AvgIpc) is 3.08. The van der Waals surface area contributed by atoms with Gasteiger partial charge in [0, 0.05) is 33.4 Å². The zero-order valence-electron chi connectivity index (χ0n) is 19.0. The highest BCUT2D eigenvalue weighted by Gasteiger charge is 2.25. The second-order valence-electron chi connectivity index (χ2n) is 7.50. The summed E-state index contributed by atoms with van der Waals surface area (Å²) in [5, 5.41) is 11.9. The monoisotopic (exact) mass is 542 g/mol. The Labute approximate surface area is 202 Å². The van der Waals surface area contributed by atoms with Gasteiger partial charge in [0.2, 0.25) is 0 Å². The summed E-state index contributed by atoms with van der Waals surface area (Å²) in [7, 11) is 1.97. The molecular weight excluding hydrogens is 507 g/mol. The Bertz CT molecular complexity index is 841. The number of guanidine groups is 1. The smallest absolute Gasteiger partial charge is 0.194 e. The summed E-state index contributed by atoms with van der Waals surface area (Å²) in [4.78, 5) is 7.15. The first kappa shape index (κ1) is 25.5. The summed E-state index contributed by atoms with van der Waals surface area (Å²) >= 11 is 0. The van der Waals surface area contributed by atoms with Gasteiger partial charge in [-0.05, 0) is 38.3 Å². The summed E-state index contributed by atoms with van der Waals surface area (Å²) in [6, 6.07) is 8.42. The van der Waals surface area contributed by atoms with Gasteiger partial charge in [0.1, 0.15) is 18.5 Å². The van der Waals surface area contributed by atoms with Crippen LogP contribution in [0.5, 0.6) is 0 Å². The Morgan fingerprint density at radius 2 is 2.10 bits per heavy atom. The predicted octanol–water partition coefficient (Wildman–Crippen LogP) is 3.00. The van der Waals surface area contributed by atoms with Crippen LogP contribution in [-0.4, -0.2) is 65.1 Å². The molecule has 0 aliphatic carbocycles. The van der Waals surface area contributed by atoms with Crippen LogP contribution in [0.25, 0.3) is 0 Å². The highest BCUT2D eigenvalue weighted by molar-refractivity contribution is 14.0. The number of rotatable bonds is 8. The lowest BCUT2D eigenvalue weighted by Crippen LogP contribution is -2.48. The minimum Gasteiger partial charge on any atom is -0.382 e. The van der Waals surface area contributed by atoms with Crippen LogP contribution in [0.1, 0.15) is 42.2 Å². The molecule has 1 saturated heterocycles. The van der Waals surface area contributed by atoms with E-state index in [1.165, 1.54) is 11.1 Å². The van der Waals surface area contributed by atoms with Crippen molar-refractivity contribution in [3.8, 4) is 0 Å². The first-order valence-corrected chi connectivity index (χ1v) is 10.7. The lowest BCUT2D eigenvalue weighted by molar-refractivity contribution is -0.00840. The van der Waals surface area contributed by atoms with Crippen LogP contribution in [0, 0.1) is 13.8 Å². The van der Waals surface area contributed by atoms with Crippen LogP contribution in [0.4, 0.5) is 0 Å². The molecule has 9 heteroatoms. The van der Waals surface area contributed by atoms with Crippen LogP contribution < -0.4 is 5.32 Å². The van der Waals surface area contributed by atoms with Crippen molar-refractivity contribution < 1.29 is 9.47 Å². The van der Waals surface area contributed by atoms with E-state index < -0.39 is 0 Å². The molecule has 31 heavy (non-hydrogen) atoms. The van der Waals surface area contributed by atoms with Crippen molar-refractivity contribution >= 4 is 29.9 Å². The maximum Gasteiger partial charge on any atom is 0.194 e. The number of benzene rings is 1. The molecule has 1 atom stereocenters. The normalized spacial score (nSPS) is 16.8. The van der Waals surface area contributed by atoms with Gasteiger partial charge in [-0.3, -0.25) is 0 Å². The first-order chi connectivity index (χ1) is 14.6. The summed E-state index contributed by atoms with van der Waals surface area (Å²) in [5.41, 5.74) is 2.49. The third-order valence-electron chi connectivity index (χ3n) is 5.41. The quantitative estimate of drug-likeness (QED) is 0.239. The molecular formula is C22H35IN6O2. The SMILES string of the molecule is CCOCCCNC(=NCc1nnc(C)n1C)N1CCOC(c2ccccc2C)C1.I. The Morgan fingerprint density at radius 3 is 2.81 bits per heavy atom. The molecule has 1 unspecified atom stereocenters. The molecule has 3 rings (SSSR count). The van der Waals surface area contributed by atoms with E-state index in [2.05, 4.69) is 51.6 Å². The van der Waals surface area contributed by atoms with E-state index in [0.29, 0.717) is 13.2 Å². The van der Waals surface area contributed by atoms with Gasteiger partial charge in [-0.1, -0.05) is 24.3 Å². The number of aromatic nitrogens is 3. The predicted molar refractivity (Wildman–Crippen MR) is 133 cm³/mol. The second kappa shape index (κ2) is 13.0. The molecule has 0 amide bonds. The number of nitrogens with zero attached hydrogens (tertiary/aromatic N) is 5. The van der Waals surface area contributed by atoms with Gasteiger partial charge in [-0.2, -0.15) is 0 Å². The van der Waals surface area contributed by atoms with E-state index >= 15 is 0 Å². The van der Waals surface area contributed by atoms with E-state index in [-0.39, 0.29) is 30.1 Å². The van der Waals surface area contributed by atoms with Crippen LogP contribution >= 0.6 is 24.0 Å². The summed E-state index contributed by atoms with van der Waals surface area (Å²) < 4.78 is 13.5.